The van der Waals surface area contributed by atoms with E-state index in [0.717, 1.165) is 6.42 Å². The summed E-state index contributed by atoms with van der Waals surface area (Å²) in [4.78, 5) is 24.9. The zero-order chi connectivity index (χ0) is 12.2. The first kappa shape index (κ1) is 10.7. The molecule has 2 fully saturated rings. The molecule has 1 aromatic heterocycles. The number of aromatic amines is 1. The molecule has 0 amide bonds. The summed E-state index contributed by atoms with van der Waals surface area (Å²) in [6.45, 7) is -0.0638. The molecule has 4 atom stereocenters. The Morgan fingerprint density at radius 2 is 2.24 bits per heavy atom. The van der Waals surface area contributed by atoms with Crippen molar-refractivity contribution in [3.05, 3.63) is 33.1 Å². The van der Waals surface area contributed by atoms with Crippen molar-refractivity contribution in [2.75, 3.05) is 6.61 Å². The largest absolute Gasteiger partial charge is 0.396 e. The summed E-state index contributed by atoms with van der Waals surface area (Å²) in [5.41, 5.74) is -1.25. The predicted molar refractivity (Wildman–Crippen MR) is 58.6 cm³/mol. The lowest BCUT2D eigenvalue weighted by molar-refractivity contribution is 0.0714. The van der Waals surface area contributed by atoms with Crippen molar-refractivity contribution in [1.82, 2.24) is 9.55 Å². The van der Waals surface area contributed by atoms with E-state index in [-0.39, 0.29) is 18.4 Å². The lowest BCUT2D eigenvalue weighted by atomic mass is 10.0. The van der Waals surface area contributed by atoms with Crippen LogP contribution in [0.2, 0.25) is 0 Å². The molecule has 2 aliphatic carbocycles. The summed E-state index contributed by atoms with van der Waals surface area (Å²) in [7, 11) is 0. The van der Waals surface area contributed by atoms with Gasteiger partial charge < -0.3 is 10.2 Å². The number of rotatable bonds is 2. The van der Waals surface area contributed by atoms with E-state index in [1.807, 2.05) is 0 Å². The van der Waals surface area contributed by atoms with Gasteiger partial charge >= 0.3 is 5.69 Å². The Morgan fingerprint density at radius 3 is 2.82 bits per heavy atom. The van der Waals surface area contributed by atoms with Gasteiger partial charge in [-0.2, -0.15) is 0 Å². The zero-order valence-corrected chi connectivity index (χ0v) is 9.17. The molecule has 2 saturated carbocycles. The quantitative estimate of drug-likeness (QED) is 0.592. The molecule has 0 unspecified atom stereocenters. The highest BCUT2D eigenvalue weighted by Gasteiger charge is 2.66. The normalized spacial score (nSPS) is 39.1. The van der Waals surface area contributed by atoms with Crippen molar-refractivity contribution in [2.45, 2.75) is 24.5 Å². The van der Waals surface area contributed by atoms with Crippen LogP contribution in [0.4, 0.5) is 0 Å². The van der Waals surface area contributed by atoms with Crippen molar-refractivity contribution in [3.8, 4) is 0 Å². The Labute approximate surface area is 96.5 Å². The summed E-state index contributed by atoms with van der Waals surface area (Å²) in [5, 5.41) is 19.0. The first-order chi connectivity index (χ1) is 8.08. The van der Waals surface area contributed by atoms with Gasteiger partial charge in [0.05, 0.1) is 11.6 Å². The van der Waals surface area contributed by atoms with Crippen molar-refractivity contribution in [2.24, 2.45) is 11.8 Å². The third kappa shape index (κ3) is 1.34. The summed E-state index contributed by atoms with van der Waals surface area (Å²) >= 11 is 0. The lowest BCUT2D eigenvalue weighted by Crippen LogP contribution is -2.36. The third-order valence-corrected chi connectivity index (χ3v) is 4.19. The Morgan fingerprint density at radius 1 is 1.47 bits per heavy atom. The smallest absolute Gasteiger partial charge is 0.328 e. The van der Waals surface area contributed by atoms with Crippen molar-refractivity contribution in [3.63, 3.8) is 0 Å². The number of aliphatic hydroxyl groups is 2. The highest BCUT2D eigenvalue weighted by molar-refractivity contribution is 5.18. The first-order valence-electron chi connectivity index (χ1n) is 5.70. The topological polar surface area (TPSA) is 95.3 Å². The molecule has 0 spiro atoms. The van der Waals surface area contributed by atoms with E-state index in [1.54, 1.807) is 0 Å². The number of fused-ring (bicyclic) bond motifs is 1. The second-order valence-electron chi connectivity index (χ2n) is 5.01. The standard InChI is InChI=1S/C11H14N2O4/c14-5-6-7-3-11(7,4-8(6)15)13-2-1-9(16)12-10(13)17/h1-2,6-8,14-15H,3-5H2,(H,12,16,17)/t6-,7-,8-,11-/m0/s1. The zero-order valence-electron chi connectivity index (χ0n) is 9.17. The van der Waals surface area contributed by atoms with Crippen LogP contribution in [-0.4, -0.2) is 32.5 Å². The van der Waals surface area contributed by atoms with E-state index >= 15 is 0 Å². The molecule has 0 aliphatic heterocycles. The second-order valence-corrected chi connectivity index (χ2v) is 5.01. The van der Waals surface area contributed by atoms with Crippen LogP contribution in [0.25, 0.3) is 0 Å². The molecular weight excluding hydrogens is 224 g/mol. The summed E-state index contributed by atoms with van der Waals surface area (Å²) < 4.78 is 1.50. The molecule has 0 radical (unpaired) electrons. The molecule has 92 valence electrons. The average molecular weight is 238 g/mol. The number of aliphatic hydroxyl groups excluding tert-OH is 2. The van der Waals surface area contributed by atoms with Gasteiger partial charge in [0.2, 0.25) is 0 Å². The molecule has 0 saturated heterocycles. The monoisotopic (exact) mass is 238 g/mol. The van der Waals surface area contributed by atoms with Crippen LogP contribution in [0, 0.1) is 11.8 Å². The van der Waals surface area contributed by atoms with Gasteiger partial charge in [-0.1, -0.05) is 0 Å². The average Bonchev–Trinajstić information content (AvgIpc) is 2.87. The second kappa shape index (κ2) is 3.30. The Balaban J connectivity index is 2.02. The number of nitrogens with one attached hydrogen (secondary N) is 1. The molecule has 3 rings (SSSR count). The van der Waals surface area contributed by atoms with Gasteiger partial charge in [-0.25, -0.2) is 4.79 Å². The molecule has 2 aliphatic rings. The van der Waals surface area contributed by atoms with E-state index in [9.17, 15) is 19.8 Å². The van der Waals surface area contributed by atoms with Gasteiger partial charge in [0.15, 0.2) is 0 Å². The van der Waals surface area contributed by atoms with Crippen LogP contribution in [0.5, 0.6) is 0 Å². The van der Waals surface area contributed by atoms with Gasteiger partial charge in [-0.3, -0.25) is 14.3 Å². The molecule has 6 nitrogen and oxygen atoms in total. The summed E-state index contributed by atoms with van der Waals surface area (Å²) in [5.74, 6) is -0.0278. The van der Waals surface area contributed by atoms with E-state index in [2.05, 4.69) is 4.98 Å². The van der Waals surface area contributed by atoms with E-state index in [1.165, 1.54) is 16.8 Å². The fourth-order valence-corrected chi connectivity index (χ4v) is 3.28. The SMILES string of the molecule is O=c1ccn([C@@]23C[C@H](O)[C@@H](CO)[C@@H]2C3)c(=O)[nH]1. The number of nitrogens with zero attached hydrogens (tertiary/aromatic N) is 1. The molecule has 17 heavy (non-hydrogen) atoms. The molecule has 1 aromatic rings. The number of hydrogen-bond donors (Lipinski definition) is 3. The lowest BCUT2D eigenvalue weighted by Gasteiger charge is -2.16. The maximum atomic E-state index is 11.7. The third-order valence-electron chi connectivity index (χ3n) is 4.19. The van der Waals surface area contributed by atoms with Crippen molar-refractivity contribution >= 4 is 0 Å². The van der Waals surface area contributed by atoms with Crippen LogP contribution < -0.4 is 11.2 Å². The fourth-order valence-electron chi connectivity index (χ4n) is 3.28. The van der Waals surface area contributed by atoms with Crippen molar-refractivity contribution in [1.29, 1.82) is 0 Å². The first-order valence-corrected chi connectivity index (χ1v) is 5.70. The maximum Gasteiger partial charge on any atom is 0.328 e. The van der Waals surface area contributed by atoms with Crippen molar-refractivity contribution < 1.29 is 10.2 Å². The maximum absolute atomic E-state index is 11.7. The van der Waals surface area contributed by atoms with Gasteiger partial charge in [-0.05, 0) is 18.8 Å². The van der Waals surface area contributed by atoms with Gasteiger partial charge in [0, 0.05) is 24.8 Å². The summed E-state index contributed by atoms with van der Waals surface area (Å²) in [6.07, 6.45) is 2.15. The van der Waals surface area contributed by atoms with Gasteiger partial charge in [-0.15, -0.1) is 0 Å². The minimum Gasteiger partial charge on any atom is -0.396 e. The molecule has 3 N–H and O–H groups in total. The number of aromatic nitrogens is 2. The van der Waals surface area contributed by atoms with E-state index in [0.29, 0.717) is 6.42 Å². The van der Waals surface area contributed by atoms with Crippen LogP contribution in [0.1, 0.15) is 12.8 Å². The fraction of sp³-hybridized carbons (Fsp3) is 0.636. The van der Waals surface area contributed by atoms with Gasteiger partial charge in [0.1, 0.15) is 0 Å². The summed E-state index contributed by atoms with van der Waals surface area (Å²) in [6, 6.07) is 1.31. The molecule has 1 heterocycles. The van der Waals surface area contributed by atoms with E-state index in [4.69, 9.17) is 0 Å². The molecular formula is C11H14N2O4. The molecule has 6 heteroatoms. The Kier molecular flexibility index (Phi) is 2.08. The van der Waals surface area contributed by atoms with Gasteiger partial charge in [0.25, 0.3) is 5.56 Å². The van der Waals surface area contributed by atoms with Crippen LogP contribution in [0.3, 0.4) is 0 Å². The highest BCUT2D eigenvalue weighted by Crippen LogP contribution is 2.63. The number of H-pyrrole nitrogens is 1. The molecule has 0 aromatic carbocycles. The Hall–Kier alpha value is -1.40. The highest BCUT2D eigenvalue weighted by atomic mass is 16.3. The number of hydrogen-bond acceptors (Lipinski definition) is 4. The molecule has 0 bridgehead atoms. The minimum atomic E-state index is -0.572. The van der Waals surface area contributed by atoms with Crippen LogP contribution in [0.15, 0.2) is 21.9 Å². The Bertz CT molecular complexity index is 563. The van der Waals surface area contributed by atoms with Crippen LogP contribution in [-0.2, 0) is 5.54 Å². The minimum absolute atomic E-state index is 0.0638. The van der Waals surface area contributed by atoms with E-state index < -0.39 is 22.9 Å². The predicted octanol–water partition coefficient (Wildman–Crippen LogP) is -1.38. The van der Waals surface area contributed by atoms with Crippen LogP contribution >= 0.6 is 0 Å².